The van der Waals surface area contributed by atoms with Crippen molar-refractivity contribution in [2.45, 2.75) is 11.3 Å². The molecule has 2 aromatic carbocycles. The second kappa shape index (κ2) is 7.53. The highest BCUT2D eigenvalue weighted by molar-refractivity contribution is 8.01. The molecule has 1 aromatic heterocycles. The van der Waals surface area contributed by atoms with Gasteiger partial charge in [0.25, 0.3) is 17.7 Å². The third-order valence-electron chi connectivity index (χ3n) is 4.06. The molecule has 1 aliphatic rings. The first kappa shape index (κ1) is 18.3. The Morgan fingerprint density at radius 1 is 1.07 bits per heavy atom. The van der Waals surface area contributed by atoms with Crippen molar-refractivity contribution < 1.29 is 14.4 Å². The average Bonchev–Trinajstić information content (AvgIpc) is 3.25. The molecule has 140 valence electrons. The van der Waals surface area contributed by atoms with Crippen LogP contribution in [0.3, 0.4) is 0 Å². The summed E-state index contributed by atoms with van der Waals surface area (Å²) in [5.41, 5.74) is 1.38. The molecule has 3 aromatic rings. The Balaban J connectivity index is 1.57. The van der Waals surface area contributed by atoms with Gasteiger partial charge in [0, 0.05) is 5.56 Å². The minimum Gasteiger partial charge on any atom is -0.296 e. The molecule has 4 rings (SSSR count). The number of fused-ring (bicyclic) bond motifs is 1. The van der Waals surface area contributed by atoms with Crippen LogP contribution >= 0.6 is 23.1 Å². The van der Waals surface area contributed by atoms with Gasteiger partial charge < -0.3 is 0 Å². The van der Waals surface area contributed by atoms with E-state index in [1.165, 1.54) is 17.4 Å². The lowest BCUT2D eigenvalue weighted by Gasteiger charge is -2.14. The van der Waals surface area contributed by atoms with E-state index in [1.807, 2.05) is 6.92 Å². The van der Waals surface area contributed by atoms with Crippen LogP contribution in [0.2, 0.25) is 0 Å². The summed E-state index contributed by atoms with van der Waals surface area (Å²) in [5, 5.41) is 11.0. The number of carbonyl (C=O) groups is 3. The van der Waals surface area contributed by atoms with E-state index in [-0.39, 0.29) is 5.91 Å². The minimum atomic E-state index is -0.400. The summed E-state index contributed by atoms with van der Waals surface area (Å²) in [5.74, 6) is -0.319. The molecule has 0 saturated heterocycles. The zero-order valence-electron chi connectivity index (χ0n) is 14.7. The Labute approximate surface area is 168 Å². The molecule has 2 heterocycles. The monoisotopic (exact) mass is 410 g/mol. The number of thioether (sulfide) groups is 1. The van der Waals surface area contributed by atoms with Crippen LogP contribution in [0.25, 0.3) is 0 Å². The van der Waals surface area contributed by atoms with Gasteiger partial charge in [0.2, 0.25) is 5.13 Å². The zero-order valence-corrected chi connectivity index (χ0v) is 16.3. The highest BCUT2D eigenvalue weighted by Crippen LogP contribution is 2.29. The van der Waals surface area contributed by atoms with E-state index in [4.69, 9.17) is 0 Å². The molecule has 0 fully saturated rings. The number of amides is 3. The Morgan fingerprint density at radius 3 is 2.46 bits per heavy atom. The van der Waals surface area contributed by atoms with Crippen molar-refractivity contribution >= 4 is 51.6 Å². The summed E-state index contributed by atoms with van der Waals surface area (Å²) in [4.78, 5) is 38.9. The van der Waals surface area contributed by atoms with Gasteiger partial charge in [0.15, 0.2) is 4.34 Å². The standard InChI is InChI=1S/C19H14N4O3S2/c1-2-27-19-22-21-18(28-19)20-15(24)11-6-5-7-12(10-11)23-16(25)13-8-3-4-9-14(13)17(23)26/h3-10H,2H2,1H3,(H,20,21,24). The Kier molecular flexibility index (Phi) is 4.93. The van der Waals surface area contributed by atoms with Crippen LogP contribution < -0.4 is 10.2 Å². The Morgan fingerprint density at radius 2 is 1.79 bits per heavy atom. The smallest absolute Gasteiger partial charge is 0.266 e. The molecular formula is C19H14N4O3S2. The summed E-state index contributed by atoms with van der Waals surface area (Å²) in [7, 11) is 0. The van der Waals surface area contributed by atoms with Gasteiger partial charge in [-0.05, 0) is 36.1 Å². The van der Waals surface area contributed by atoms with Crippen molar-refractivity contribution in [3.8, 4) is 0 Å². The van der Waals surface area contributed by atoms with Crippen molar-refractivity contribution in [3.63, 3.8) is 0 Å². The van der Waals surface area contributed by atoms with Crippen molar-refractivity contribution in [2.24, 2.45) is 0 Å². The van der Waals surface area contributed by atoms with Crippen LogP contribution in [-0.4, -0.2) is 33.7 Å². The highest BCUT2D eigenvalue weighted by Gasteiger charge is 2.36. The molecule has 0 spiro atoms. The van der Waals surface area contributed by atoms with Crippen LogP contribution in [0.5, 0.6) is 0 Å². The second-order valence-corrected chi connectivity index (χ2v) is 8.29. The van der Waals surface area contributed by atoms with Crippen LogP contribution in [0.4, 0.5) is 10.8 Å². The van der Waals surface area contributed by atoms with Crippen LogP contribution in [0.1, 0.15) is 38.0 Å². The average molecular weight is 410 g/mol. The number of nitrogens with zero attached hydrogens (tertiary/aromatic N) is 3. The predicted molar refractivity (Wildman–Crippen MR) is 108 cm³/mol. The van der Waals surface area contributed by atoms with Gasteiger partial charge in [-0.2, -0.15) is 0 Å². The van der Waals surface area contributed by atoms with E-state index in [1.54, 1.807) is 54.2 Å². The third kappa shape index (κ3) is 3.30. The summed E-state index contributed by atoms with van der Waals surface area (Å²) in [6, 6.07) is 13.0. The van der Waals surface area contributed by atoms with Gasteiger partial charge in [-0.15, -0.1) is 10.2 Å². The summed E-state index contributed by atoms with van der Waals surface area (Å²) in [6.07, 6.45) is 0. The van der Waals surface area contributed by atoms with Gasteiger partial charge in [0.1, 0.15) is 0 Å². The fourth-order valence-corrected chi connectivity index (χ4v) is 4.47. The van der Waals surface area contributed by atoms with E-state index in [0.717, 1.165) is 15.0 Å². The maximum absolute atomic E-state index is 12.6. The molecule has 0 unspecified atom stereocenters. The quantitative estimate of drug-likeness (QED) is 0.392. The van der Waals surface area contributed by atoms with Crippen molar-refractivity contribution in [1.82, 2.24) is 10.2 Å². The van der Waals surface area contributed by atoms with Crippen molar-refractivity contribution in [2.75, 3.05) is 16.0 Å². The maximum Gasteiger partial charge on any atom is 0.266 e. The fraction of sp³-hybridized carbons (Fsp3) is 0.105. The molecule has 3 amide bonds. The first-order valence-electron chi connectivity index (χ1n) is 8.44. The van der Waals surface area contributed by atoms with Crippen molar-refractivity contribution in [3.05, 3.63) is 65.2 Å². The lowest BCUT2D eigenvalue weighted by molar-refractivity contribution is 0.0924. The number of carbonyl (C=O) groups excluding carboxylic acids is 3. The topological polar surface area (TPSA) is 92.3 Å². The number of hydrogen-bond donors (Lipinski definition) is 1. The Hall–Kier alpha value is -3.04. The second-order valence-electron chi connectivity index (χ2n) is 5.80. The molecule has 0 saturated carbocycles. The molecule has 0 aliphatic carbocycles. The SMILES string of the molecule is CCSc1nnc(NC(=O)c2cccc(N3C(=O)c4ccccc4C3=O)c2)s1. The highest BCUT2D eigenvalue weighted by atomic mass is 32.2. The number of aromatic nitrogens is 2. The molecule has 1 N–H and O–H groups in total. The van der Waals surface area contributed by atoms with Gasteiger partial charge in [-0.25, -0.2) is 4.90 Å². The van der Waals surface area contributed by atoms with E-state index in [2.05, 4.69) is 15.5 Å². The van der Waals surface area contributed by atoms with E-state index in [0.29, 0.717) is 27.5 Å². The maximum atomic E-state index is 12.6. The fourth-order valence-electron chi connectivity index (χ4n) is 2.82. The molecule has 9 heteroatoms. The summed E-state index contributed by atoms with van der Waals surface area (Å²) < 4.78 is 0.776. The van der Waals surface area contributed by atoms with E-state index < -0.39 is 11.8 Å². The lowest BCUT2D eigenvalue weighted by Crippen LogP contribution is -2.29. The number of rotatable bonds is 5. The van der Waals surface area contributed by atoms with Gasteiger partial charge in [-0.3, -0.25) is 19.7 Å². The molecule has 0 atom stereocenters. The summed E-state index contributed by atoms with van der Waals surface area (Å²) >= 11 is 2.84. The van der Waals surface area contributed by atoms with Gasteiger partial charge in [-0.1, -0.05) is 48.2 Å². The first-order chi connectivity index (χ1) is 13.6. The Bertz CT molecular complexity index is 1060. The summed E-state index contributed by atoms with van der Waals surface area (Å²) in [6.45, 7) is 2.01. The number of benzene rings is 2. The van der Waals surface area contributed by atoms with Gasteiger partial charge >= 0.3 is 0 Å². The number of anilines is 2. The number of nitrogens with one attached hydrogen (secondary N) is 1. The van der Waals surface area contributed by atoms with Crippen molar-refractivity contribution in [1.29, 1.82) is 0 Å². The molecule has 1 aliphatic heterocycles. The lowest BCUT2D eigenvalue weighted by atomic mass is 10.1. The molecule has 0 bridgehead atoms. The third-order valence-corrected chi connectivity index (χ3v) is 5.91. The zero-order chi connectivity index (χ0) is 19.7. The van der Waals surface area contributed by atoms with Crippen LogP contribution in [-0.2, 0) is 0 Å². The van der Waals surface area contributed by atoms with Crippen LogP contribution in [0, 0.1) is 0 Å². The number of hydrogen-bond acceptors (Lipinski definition) is 7. The largest absolute Gasteiger partial charge is 0.296 e. The minimum absolute atomic E-state index is 0.314. The predicted octanol–water partition coefficient (Wildman–Crippen LogP) is 3.70. The van der Waals surface area contributed by atoms with Crippen LogP contribution in [0.15, 0.2) is 52.9 Å². The van der Waals surface area contributed by atoms with E-state index in [9.17, 15) is 14.4 Å². The molecule has 7 nitrogen and oxygen atoms in total. The van der Waals surface area contributed by atoms with E-state index >= 15 is 0 Å². The van der Waals surface area contributed by atoms with Gasteiger partial charge in [0.05, 0.1) is 16.8 Å². The number of imide groups is 1. The first-order valence-corrected chi connectivity index (χ1v) is 10.2. The molecule has 28 heavy (non-hydrogen) atoms. The molecular weight excluding hydrogens is 396 g/mol. The molecule has 0 radical (unpaired) electrons. The normalized spacial score (nSPS) is 13.0.